The summed E-state index contributed by atoms with van der Waals surface area (Å²) < 4.78 is 16.4. The highest BCUT2D eigenvalue weighted by molar-refractivity contribution is 5.49. The van der Waals surface area contributed by atoms with E-state index in [1.165, 1.54) is 5.56 Å². The first-order chi connectivity index (χ1) is 11.3. The van der Waals surface area contributed by atoms with Crippen LogP contribution in [0.15, 0.2) is 48.5 Å². The zero-order chi connectivity index (χ0) is 16.1. The second-order valence-electron chi connectivity index (χ2n) is 5.68. The van der Waals surface area contributed by atoms with Gasteiger partial charge in [0, 0.05) is 12.3 Å². The first-order valence-electron chi connectivity index (χ1n) is 7.96. The van der Waals surface area contributed by atoms with Crippen LogP contribution >= 0.6 is 0 Å². The summed E-state index contributed by atoms with van der Waals surface area (Å²) in [6, 6.07) is 16.3. The number of ether oxygens (including phenoxy) is 3. The van der Waals surface area contributed by atoms with E-state index in [2.05, 4.69) is 17.4 Å². The summed E-state index contributed by atoms with van der Waals surface area (Å²) in [4.78, 5) is 0. The third kappa shape index (κ3) is 3.77. The van der Waals surface area contributed by atoms with Crippen LogP contribution in [-0.4, -0.2) is 26.9 Å². The summed E-state index contributed by atoms with van der Waals surface area (Å²) in [5.41, 5.74) is 2.26. The predicted octanol–water partition coefficient (Wildman–Crippen LogP) is 4.04. The van der Waals surface area contributed by atoms with Crippen molar-refractivity contribution < 1.29 is 14.2 Å². The molecule has 2 atom stereocenters. The molecule has 0 spiro atoms. The van der Waals surface area contributed by atoms with Crippen molar-refractivity contribution in [1.29, 1.82) is 0 Å². The molecule has 1 N–H and O–H groups in total. The molecule has 0 radical (unpaired) electrons. The highest BCUT2D eigenvalue weighted by Gasteiger charge is 2.27. The van der Waals surface area contributed by atoms with E-state index in [1.54, 1.807) is 14.2 Å². The zero-order valence-electron chi connectivity index (χ0n) is 13.6. The van der Waals surface area contributed by atoms with E-state index < -0.39 is 0 Å². The smallest absolute Gasteiger partial charge is 0.119 e. The topological polar surface area (TPSA) is 39.7 Å². The van der Waals surface area contributed by atoms with E-state index in [0.29, 0.717) is 0 Å². The van der Waals surface area contributed by atoms with E-state index in [4.69, 9.17) is 14.2 Å². The Morgan fingerprint density at radius 1 is 0.957 bits per heavy atom. The molecule has 3 rings (SSSR count). The van der Waals surface area contributed by atoms with Crippen LogP contribution in [0.2, 0.25) is 0 Å². The van der Waals surface area contributed by atoms with Crippen LogP contribution in [-0.2, 0) is 4.74 Å². The Kier molecular flexibility index (Phi) is 5.03. The Morgan fingerprint density at radius 3 is 2.09 bits per heavy atom. The fourth-order valence-corrected chi connectivity index (χ4v) is 2.93. The maximum atomic E-state index is 5.92. The second kappa shape index (κ2) is 7.38. The number of methoxy groups -OCH3 is 2. The summed E-state index contributed by atoms with van der Waals surface area (Å²) in [5.74, 6) is 1.72. The molecular weight excluding hydrogens is 290 g/mol. The van der Waals surface area contributed by atoms with Crippen molar-refractivity contribution >= 4 is 5.69 Å². The average molecular weight is 313 g/mol. The minimum absolute atomic E-state index is 0.122. The molecule has 2 aromatic rings. The van der Waals surface area contributed by atoms with Gasteiger partial charge in [0.2, 0.25) is 0 Å². The van der Waals surface area contributed by atoms with E-state index in [-0.39, 0.29) is 12.1 Å². The Hall–Kier alpha value is -2.20. The van der Waals surface area contributed by atoms with Gasteiger partial charge in [0.25, 0.3) is 0 Å². The van der Waals surface area contributed by atoms with Crippen LogP contribution in [0.3, 0.4) is 0 Å². The molecule has 2 unspecified atom stereocenters. The van der Waals surface area contributed by atoms with Crippen molar-refractivity contribution in [2.45, 2.75) is 25.0 Å². The maximum absolute atomic E-state index is 5.92. The molecule has 122 valence electrons. The van der Waals surface area contributed by atoms with Gasteiger partial charge in [-0.15, -0.1) is 0 Å². The van der Waals surface area contributed by atoms with Crippen LogP contribution in [0.25, 0.3) is 0 Å². The van der Waals surface area contributed by atoms with Crippen LogP contribution < -0.4 is 14.8 Å². The highest BCUT2D eigenvalue weighted by atomic mass is 16.5. The van der Waals surface area contributed by atoms with Gasteiger partial charge in [-0.3, -0.25) is 0 Å². The van der Waals surface area contributed by atoms with Gasteiger partial charge in [-0.05, 0) is 54.8 Å². The number of hydrogen-bond donors (Lipinski definition) is 1. The molecule has 4 nitrogen and oxygen atoms in total. The fourth-order valence-electron chi connectivity index (χ4n) is 2.93. The lowest BCUT2D eigenvalue weighted by Crippen LogP contribution is -2.25. The quantitative estimate of drug-likeness (QED) is 0.874. The van der Waals surface area contributed by atoms with Crippen molar-refractivity contribution in [2.24, 2.45) is 0 Å². The molecule has 1 aliphatic rings. The van der Waals surface area contributed by atoms with Crippen molar-refractivity contribution in [1.82, 2.24) is 0 Å². The summed E-state index contributed by atoms with van der Waals surface area (Å²) in [7, 11) is 3.36. The molecule has 1 fully saturated rings. The molecule has 2 aromatic carbocycles. The Labute approximate surface area is 137 Å². The van der Waals surface area contributed by atoms with Gasteiger partial charge in [0.05, 0.1) is 26.4 Å². The predicted molar refractivity (Wildman–Crippen MR) is 91.3 cm³/mol. The minimum Gasteiger partial charge on any atom is -0.497 e. The Bertz CT molecular complexity index is 604. The van der Waals surface area contributed by atoms with Crippen LogP contribution in [0.4, 0.5) is 5.69 Å². The zero-order valence-corrected chi connectivity index (χ0v) is 13.6. The molecule has 0 bridgehead atoms. The highest BCUT2D eigenvalue weighted by Crippen LogP contribution is 2.31. The molecule has 23 heavy (non-hydrogen) atoms. The third-order valence-electron chi connectivity index (χ3n) is 4.22. The van der Waals surface area contributed by atoms with Crippen molar-refractivity contribution in [3.63, 3.8) is 0 Å². The molecule has 0 amide bonds. The van der Waals surface area contributed by atoms with Gasteiger partial charge in [-0.25, -0.2) is 0 Å². The molecule has 1 aliphatic heterocycles. The number of hydrogen-bond acceptors (Lipinski definition) is 4. The Morgan fingerprint density at radius 2 is 1.57 bits per heavy atom. The number of nitrogens with one attached hydrogen (secondary N) is 1. The van der Waals surface area contributed by atoms with Gasteiger partial charge in [0.15, 0.2) is 0 Å². The van der Waals surface area contributed by atoms with Crippen LogP contribution in [0.1, 0.15) is 24.4 Å². The molecule has 1 saturated heterocycles. The summed E-state index contributed by atoms with van der Waals surface area (Å²) >= 11 is 0. The standard InChI is InChI=1S/C19H23NO3/c1-21-16-9-5-14(6-10-16)19(18-4-3-13-23-18)20-15-7-11-17(22-2)12-8-15/h5-12,18-20H,3-4,13H2,1-2H3. The van der Waals surface area contributed by atoms with Crippen molar-refractivity contribution in [3.8, 4) is 11.5 Å². The number of rotatable bonds is 6. The van der Waals surface area contributed by atoms with Crippen LogP contribution in [0.5, 0.6) is 11.5 Å². The van der Waals surface area contributed by atoms with Gasteiger partial charge >= 0.3 is 0 Å². The average Bonchev–Trinajstić information content (AvgIpc) is 3.15. The largest absolute Gasteiger partial charge is 0.497 e. The third-order valence-corrected chi connectivity index (χ3v) is 4.22. The van der Waals surface area contributed by atoms with E-state index in [9.17, 15) is 0 Å². The normalized spacial score (nSPS) is 18.4. The van der Waals surface area contributed by atoms with Crippen LogP contribution in [0, 0.1) is 0 Å². The first kappa shape index (κ1) is 15.7. The molecule has 0 aromatic heterocycles. The van der Waals surface area contributed by atoms with Crippen molar-refractivity contribution in [3.05, 3.63) is 54.1 Å². The number of benzene rings is 2. The van der Waals surface area contributed by atoms with Gasteiger partial charge < -0.3 is 19.5 Å². The molecular formula is C19H23NO3. The first-order valence-corrected chi connectivity index (χ1v) is 7.96. The lowest BCUT2D eigenvalue weighted by Gasteiger charge is -2.26. The number of anilines is 1. The van der Waals surface area contributed by atoms with Gasteiger partial charge in [0.1, 0.15) is 11.5 Å². The van der Waals surface area contributed by atoms with E-state index in [1.807, 2.05) is 36.4 Å². The lowest BCUT2D eigenvalue weighted by molar-refractivity contribution is 0.0954. The molecule has 0 saturated carbocycles. The maximum Gasteiger partial charge on any atom is 0.119 e. The lowest BCUT2D eigenvalue weighted by atomic mass is 9.98. The molecule has 4 heteroatoms. The van der Waals surface area contributed by atoms with Gasteiger partial charge in [-0.2, -0.15) is 0 Å². The molecule has 1 heterocycles. The molecule has 0 aliphatic carbocycles. The van der Waals surface area contributed by atoms with Crippen molar-refractivity contribution in [2.75, 3.05) is 26.1 Å². The summed E-state index contributed by atoms with van der Waals surface area (Å²) in [6.07, 6.45) is 2.37. The van der Waals surface area contributed by atoms with E-state index in [0.717, 1.165) is 36.6 Å². The van der Waals surface area contributed by atoms with E-state index >= 15 is 0 Å². The summed E-state index contributed by atoms with van der Waals surface area (Å²) in [6.45, 7) is 0.835. The fraction of sp³-hybridized carbons (Fsp3) is 0.368. The minimum atomic E-state index is 0.122. The monoisotopic (exact) mass is 313 g/mol. The SMILES string of the molecule is COc1ccc(NC(c2ccc(OC)cc2)C2CCCO2)cc1. The Balaban J connectivity index is 1.81. The van der Waals surface area contributed by atoms with Gasteiger partial charge in [-0.1, -0.05) is 12.1 Å². The summed E-state index contributed by atoms with van der Waals surface area (Å²) in [5, 5.41) is 3.60. The second-order valence-corrected chi connectivity index (χ2v) is 5.68.